The van der Waals surface area contributed by atoms with Crippen LogP contribution < -0.4 is 10.2 Å². The molecule has 1 fully saturated rings. The standard InChI is InChI=1S/C19H30N2OS/c1-14-6-5-7-18(15(14)2)20-19(22)13-21(3)12-16-8-10-17(23-4)11-9-16/h8-11,14-15,18H,5-7,12-13H2,1-4H3,(H,20,22)/p+1/t14-,15+,18-/m0/s1. The largest absolute Gasteiger partial charge is 0.348 e. The van der Waals surface area contributed by atoms with Crippen molar-refractivity contribution in [1.29, 1.82) is 0 Å². The summed E-state index contributed by atoms with van der Waals surface area (Å²) in [5.74, 6) is 1.50. The van der Waals surface area contributed by atoms with E-state index in [0.717, 1.165) is 13.0 Å². The molecular formula is C19H31N2OS+. The van der Waals surface area contributed by atoms with Crippen LogP contribution in [0.25, 0.3) is 0 Å². The lowest BCUT2D eigenvalue weighted by Gasteiger charge is -2.34. The van der Waals surface area contributed by atoms with E-state index in [-0.39, 0.29) is 5.91 Å². The van der Waals surface area contributed by atoms with Gasteiger partial charge in [-0.1, -0.05) is 38.8 Å². The number of nitrogens with one attached hydrogen (secondary N) is 2. The Kier molecular flexibility index (Phi) is 6.97. The zero-order valence-electron chi connectivity index (χ0n) is 14.9. The van der Waals surface area contributed by atoms with Gasteiger partial charge in [0, 0.05) is 16.5 Å². The Labute approximate surface area is 145 Å². The van der Waals surface area contributed by atoms with Crippen molar-refractivity contribution in [1.82, 2.24) is 5.32 Å². The average molecular weight is 336 g/mol. The van der Waals surface area contributed by atoms with Crippen LogP contribution in [0.1, 0.15) is 38.7 Å². The predicted octanol–water partition coefficient (Wildman–Crippen LogP) is 2.36. The van der Waals surface area contributed by atoms with Gasteiger partial charge in [-0.25, -0.2) is 0 Å². The monoisotopic (exact) mass is 335 g/mol. The van der Waals surface area contributed by atoms with Crippen molar-refractivity contribution in [3.63, 3.8) is 0 Å². The Morgan fingerprint density at radius 2 is 1.96 bits per heavy atom. The Morgan fingerprint density at radius 1 is 1.26 bits per heavy atom. The van der Waals surface area contributed by atoms with E-state index >= 15 is 0 Å². The number of thioether (sulfide) groups is 1. The molecule has 1 saturated carbocycles. The smallest absolute Gasteiger partial charge is 0.275 e. The van der Waals surface area contributed by atoms with Crippen LogP contribution in [0.5, 0.6) is 0 Å². The summed E-state index contributed by atoms with van der Waals surface area (Å²) in [4.78, 5) is 14.8. The summed E-state index contributed by atoms with van der Waals surface area (Å²) in [7, 11) is 2.09. The number of rotatable bonds is 6. The molecule has 4 atom stereocenters. The molecule has 4 heteroatoms. The van der Waals surface area contributed by atoms with Gasteiger partial charge in [0.1, 0.15) is 6.54 Å². The molecule has 23 heavy (non-hydrogen) atoms. The van der Waals surface area contributed by atoms with E-state index in [1.54, 1.807) is 11.8 Å². The number of carbonyl (C=O) groups is 1. The number of amides is 1. The van der Waals surface area contributed by atoms with Gasteiger partial charge >= 0.3 is 0 Å². The van der Waals surface area contributed by atoms with Crippen LogP contribution in [0, 0.1) is 11.8 Å². The lowest BCUT2D eigenvalue weighted by molar-refractivity contribution is -0.885. The second-order valence-corrected chi connectivity index (χ2v) is 7.98. The van der Waals surface area contributed by atoms with Crippen molar-refractivity contribution in [2.75, 3.05) is 19.8 Å². The van der Waals surface area contributed by atoms with Crippen molar-refractivity contribution in [2.24, 2.45) is 11.8 Å². The minimum absolute atomic E-state index is 0.189. The molecule has 0 aliphatic heterocycles. The molecule has 0 radical (unpaired) electrons. The normalized spacial score (nSPS) is 25.8. The van der Waals surface area contributed by atoms with Gasteiger partial charge < -0.3 is 10.2 Å². The van der Waals surface area contributed by atoms with E-state index in [4.69, 9.17) is 0 Å². The number of hydrogen-bond donors (Lipinski definition) is 2. The van der Waals surface area contributed by atoms with Crippen molar-refractivity contribution >= 4 is 17.7 Å². The number of hydrogen-bond acceptors (Lipinski definition) is 2. The van der Waals surface area contributed by atoms with Gasteiger partial charge in [0.25, 0.3) is 5.91 Å². The maximum atomic E-state index is 12.3. The molecule has 0 heterocycles. The van der Waals surface area contributed by atoms with Gasteiger partial charge in [-0.3, -0.25) is 4.79 Å². The fourth-order valence-corrected chi connectivity index (χ4v) is 3.88. The quantitative estimate of drug-likeness (QED) is 0.783. The molecule has 0 saturated heterocycles. The summed E-state index contributed by atoms with van der Waals surface area (Å²) < 4.78 is 0. The summed E-state index contributed by atoms with van der Waals surface area (Å²) in [5, 5.41) is 3.27. The highest BCUT2D eigenvalue weighted by molar-refractivity contribution is 7.98. The van der Waals surface area contributed by atoms with Gasteiger partial charge in [-0.15, -0.1) is 11.8 Å². The third-order valence-corrected chi connectivity index (χ3v) is 5.92. The summed E-state index contributed by atoms with van der Waals surface area (Å²) in [5.41, 5.74) is 1.28. The van der Waals surface area contributed by atoms with E-state index in [1.165, 1.54) is 28.2 Å². The van der Waals surface area contributed by atoms with E-state index in [2.05, 4.69) is 56.7 Å². The first-order valence-electron chi connectivity index (χ1n) is 8.73. The zero-order valence-corrected chi connectivity index (χ0v) is 15.7. The maximum Gasteiger partial charge on any atom is 0.275 e. The van der Waals surface area contributed by atoms with Crippen LogP contribution in [0.2, 0.25) is 0 Å². The minimum Gasteiger partial charge on any atom is -0.348 e. The second-order valence-electron chi connectivity index (χ2n) is 7.10. The number of quaternary nitrogens is 1. The molecule has 1 aromatic rings. The zero-order chi connectivity index (χ0) is 16.8. The Balaban J connectivity index is 1.79. The number of likely N-dealkylation sites (N-methyl/N-ethyl adjacent to an activating group) is 1. The molecule has 3 nitrogen and oxygen atoms in total. The maximum absolute atomic E-state index is 12.3. The van der Waals surface area contributed by atoms with Gasteiger partial charge in [-0.05, 0) is 36.6 Å². The van der Waals surface area contributed by atoms with E-state index < -0.39 is 0 Å². The molecule has 128 valence electrons. The Hall–Kier alpha value is -1.00. The first kappa shape index (κ1) is 18.3. The fraction of sp³-hybridized carbons (Fsp3) is 0.632. The summed E-state index contributed by atoms with van der Waals surface area (Å²) >= 11 is 1.76. The lowest BCUT2D eigenvalue weighted by Crippen LogP contribution is -3.09. The van der Waals surface area contributed by atoms with Crippen LogP contribution in [0.4, 0.5) is 0 Å². The van der Waals surface area contributed by atoms with E-state index in [0.29, 0.717) is 24.4 Å². The molecule has 0 aromatic heterocycles. The minimum atomic E-state index is 0.189. The SMILES string of the molecule is CSc1ccc(C[NH+](C)CC(=O)N[C@H]2CCC[C@H](C)[C@H]2C)cc1. The van der Waals surface area contributed by atoms with Crippen molar-refractivity contribution < 1.29 is 9.69 Å². The number of benzene rings is 1. The molecule has 1 aliphatic carbocycles. The Morgan fingerprint density at radius 3 is 2.61 bits per heavy atom. The van der Waals surface area contributed by atoms with Crippen molar-refractivity contribution in [3.05, 3.63) is 29.8 Å². The van der Waals surface area contributed by atoms with Crippen LogP contribution in [-0.4, -0.2) is 31.8 Å². The topological polar surface area (TPSA) is 33.5 Å². The summed E-state index contributed by atoms with van der Waals surface area (Å²) in [6, 6.07) is 8.99. The third-order valence-electron chi connectivity index (χ3n) is 5.18. The molecule has 0 spiro atoms. The molecule has 1 aromatic carbocycles. The molecule has 1 aliphatic rings. The molecule has 1 unspecified atom stereocenters. The highest BCUT2D eigenvalue weighted by Gasteiger charge is 2.28. The lowest BCUT2D eigenvalue weighted by atomic mass is 9.78. The first-order valence-corrected chi connectivity index (χ1v) is 9.95. The molecule has 2 N–H and O–H groups in total. The molecular weight excluding hydrogens is 304 g/mol. The predicted molar refractivity (Wildman–Crippen MR) is 97.8 cm³/mol. The van der Waals surface area contributed by atoms with Gasteiger partial charge in [-0.2, -0.15) is 0 Å². The summed E-state index contributed by atoms with van der Waals surface area (Å²) in [6.07, 6.45) is 5.75. The third kappa shape index (κ3) is 5.54. The fourth-order valence-electron chi connectivity index (χ4n) is 3.47. The number of carbonyl (C=O) groups excluding carboxylic acids is 1. The van der Waals surface area contributed by atoms with Crippen LogP contribution >= 0.6 is 11.8 Å². The van der Waals surface area contributed by atoms with Gasteiger partial charge in [0.2, 0.25) is 0 Å². The summed E-state index contributed by atoms with van der Waals surface area (Å²) in [6.45, 7) is 6.01. The molecule has 0 bridgehead atoms. The van der Waals surface area contributed by atoms with E-state index in [1.807, 2.05) is 0 Å². The first-order chi connectivity index (χ1) is 11.0. The van der Waals surface area contributed by atoms with Gasteiger partial charge in [0.05, 0.1) is 7.05 Å². The Bertz CT molecular complexity index is 503. The van der Waals surface area contributed by atoms with Crippen molar-refractivity contribution in [3.8, 4) is 0 Å². The average Bonchev–Trinajstić information content (AvgIpc) is 2.52. The second kappa shape index (κ2) is 8.74. The van der Waals surface area contributed by atoms with Crippen molar-refractivity contribution in [2.45, 2.75) is 50.6 Å². The molecule has 2 rings (SSSR count). The van der Waals surface area contributed by atoms with E-state index in [9.17, 15) is 4.79 Å². The molecule has 1 amide bonds. The highest BCUT2D eigenvalue weighted by Crippen LogP contribution is 2.29. The van der Waals surface area contributed by atoms with Crippen LogP contribution in [-0.2, 0) is 11.3 Å². The van der Waals surface area contributed by atoms with Gasteiger partial charge in [0.15, 0.2) is 6.54 Å². The van der Waals surface area contributed by atoms with Crippen LogP contribution in [0.15, 0.2) is 29.2 Å². The van der Waals surface area contributed by atoms with Crippen LogP contribution in [0.3, 0.4) is 0 Å². The highest BCUT2D eigenvalue weighted by atomic mass is 32.2.